The smallest absolute Gasteiger partial charge is 0.462 e. The Morgan fingerprint density at radius 3 is 1.42 bits per heavy atom. The van der Waals surface area contributed by atoms with Crippen LogP contribution >= 0.6 is 7.82 Å². The molecule has 6 N–H and O–H groups in total. The molecule has 1 fully saturated rings. The highest BCUT2D eigenvalue weighted by atomic mass is 31.2. The molecule has 8 atom stereocenters. The van der Waals surface area contributed by atoms with Crippen LogP contribution in [-0.2, 0) is 32.7 Å². The average molecular weight is 861 g/mol. The minimum Gasteiger partial charge on any atom is -0.462 e. The second kappa shape index (κ2) is 35.6. The van der Waals surface area contributed by atoms with Gasteiger partial charge in [-0.2, -0.15) is 0 Å². The zero-order valence-electron chi connectivity index (χ0n) is 36.3. The van der Waals surface area contributed by atoms with E-state index in [0.29, 0.717) is 12.8 Å². The molecule has 59 heavy (non-hydrogen) atoms. The van der Waals surface area contributed by atoms with Gasteiger partial charge in [0.05, 0.1) is 6.61 Å². The highest BCUT2D eigenvalue weighted by molar-refractivity contribution is 7.47. The lowest BCUT2D eigenvalue weighted by Gasteiger charge is -2.41. The van der Waals surface area contributed by atoms with Gasteiger partial charge in [-0.3, -0.25) is 18.6 Å². The molecule has 0 radical (unpaired) electrons. The van der Waals surface area contributed by atoms with Crippen LogP contribution in [0, 0.1) is 0 Å². The maximum atomic E-state index is 12.8. The van der Waals surface area contributed by atoms with Gasteiger partial charge in [0.1, 0.15) is 43.2 Å². The third-order valence-electron chi connectivity index (χ3n) is 10.5. The van der Waals surface area contributed by atoms with Crippen molar-refractivity contribution in [2.24, 2.45) is 0 Å². The average Bonchev–Trinajstić information content (AvgIpc) is 3.21. The highest BCUT2D eigenvalue weighted by Crippen LogP contribution is 2.47. The molecule has 0 aromatic heterocycles. The van der Waals surface area contributed by atoms with Crippen LogP contribution in [0.1, 0.15) is 181 Å². The van der Waals surface area contributed by atoms with Crippen LogP contribution < -0.4 is 0 Å². The van der Waals surface area contributed by atoms with Crippen molar-refractivity contribution < 1.29 is 63.1 Å². The van der Waals surface area contributed by atoms with Gasteiger partial charge >= 0.3 is 19.8 Å². The molecule has 13 nitrogen and oxygen atoms in total. The first-order valence-electron chi connectivity index (χ1n) is 22.8. The van der Waals surface area contributed by atoms with Crippen LogP contribution in [0.5, 0.6) is 0 Å². The maximum absolute atomic E-state index is 12.8. The van der Waals surface area contributed by atoms with E-state index >= 15 is 0 Å². The summed E-state index contributed by atoms with van der Waals surface area (Å²) in [5, 5.41) is 50.1. The van der Waals surface area contributed by atoms with E-state index in [2.05, 4.69) is 50.3 Å². The number of esters is 2. The van der Waals surface area contributed by atoms with E-state index in [0.717, 1.165) is 57.8 Å². The minimum absolute atomic E-state index is 0.0913. The van der Waals surface area contributed by atoms with Crippen molar-refractivity contribution in [3.63, 3.8) is 0 Å². The van der Waals surface area contributed by atoms with E-state index in [1.807, 2.05) is 0 Å². The van der Waals surface area contributed by atoms with E-state index in [1.165, 1.54) is 83.5 Å². The molecule has 6 unspecified atom stereocenters. The second-order valence-electron chi connectivity index (χ2n) is 15.9. The quantitative estimate of drug-likeness (QED) is 0.0150. The van der Waals surface area contributed by atoms with Crippen LogP contribution in [0.4, 0.5) is 0 Å². The first kappa shape index (κ1) is 55.1. The van der Waals surface area contributed by atoms with Gasteiger partial charge in [-0.1, -0.05) is 153 Å². The van der Waals surface area contributed by atoms with Gasteiger partial charge in [0, 0.05) is 12.8 Å². The molecular weight excluding hydrogens is 779 g/mol. The Kier molecular flexibility index (Phi) is 33.3. The van der Waals surface area contributed by atoms with Crippen LogP contribution in [-0.4, -0.2) is 98.3 Å². The lowest BCUT2D eigenvalue weighted by Crippen LogP contribution is -2.64. The number of carbonyl (C=O) groups excluding carboxylic acids is 2. The van der Waals surface area contributed by atoms with Gasteiger partial charge in [-0.05, 0) is 51.4 Å². The number of allylic oxidation sites excluding steroid dienone is 6. The number of phosphoric ester groups is 1. The van der Waals surface area contributed by atoms with E-state index in [9.17, 15) is 44.6 Å². The Morgan fingerprint density at radius 2 is 0.915 bits per heavy atom. The number of aliphatic hydroxyl groups is 5. The number of unbranched alkanes of at least 4 members (excludes halogenated alkanes) is 19. The molecule has 344 valence electrons. The van der Waals surface area contributed by atoms with E-state index in [4.69, 9.17) is 18.5 Å². The van der Waals surface area contributed by atoms with Crippen molar-refractivity contribution in [1.29, 1.82) is 0 Å². The highest BCUT2D eigenvalue weighted by Gasteiger charge is 2.51. The number of rotatable bonds is 37. The summed E-state index contributed by atoms with van der Waals surface area (Å²) in [6.45, 7) is 3.24. The first-order valence-corrected chi connectivity index (χ1v) is 24.3. The topological polar surface area (TPSA) is 210 Å². The summed E-state index contributed by atoms with van der Waals surface area (Å²) in [7, 11) is -5.12. The number of aliphatic hydroxyl groups excluding tert-OH is 5. The molecule has 0 aromatic rings. The molecule has 1 saturated carbocycles. The number of hydrogen-bond donors (Lipinski definition) is 6. The normalized spacial score (nSPS) is 22.6. The van der Waals surface area contributed by atoms with Crippen LogP contribution in [0.15, 0.2) is 36.5 Å². The molecule has 1 aliphatic rings. The van der Waals surface area contributed by atoms with E-state index < -0.39 is 75.7 Å². The summed E-state index contributed by atoms with van der Waals surface area (Å²) < 4.78 is 33.5. The Balaban J connectivity index is 2.49. The van der Waals surface area contributed by atoms with Crippen molar-refractivity contribution in [2.45, 2.75) is 224 Å². The largest absolute Gasteiger partial charge is 0.472 e. The number of ether oxygens (including phenoxy) is 2. The van der Waals surface area contributed by atoms with Gasteiger partial charge in [-0.25, -0.2) is 4.57 Å². The fourth-order valence-corrected chi connectivity index (χ4v) is 7.74. The molecule has 1 aliphatic carbocycles. The molecule has 0 heterocycles. The molecule has 0 aliphatic heterocycles. The fourth-order valence-electron chi connectivity index (χ4n) is 6.76. The number of phosphoric acid groups is 1. The van der Waals surface area contributed by atoms with E-state index in [-0.39, 0.29) is 12.8 Å². The zero-order valence-corrected chi connectivity index (χ0v) is 37.2. The molecule has 0 bridgehead atoms. The molecule has 0 spiro atoms. The Bertz CT molecular complexity index is 1180. The zero-order chi connectivity index (χ0) is 43.6. The summed E-state index contributed by atoms with van der Waals surface area (Å²) in [6.07, 6.45) is 26.3. The van der Waals surface area contributed by atoms with Gasteiger partial charge in [-0.15, -0.1) is 0 Å². The van der Waals surface area contributed by atoms with Crippen LogP contribution in [0.2, 0.25) is 0 Å². The molecule has 1 rings (SSSR count). The van der Waals surface area contributed by atoms with Crippen molar-refractivity contribution in [2.75, 3.05) is 13.2 Å². The Hall–Kier alpha value is -1.93. The van der Waals surface area contributed by atoms with Gasteiger partial charge in [0.25, 0.3) is 0 Å². The number of hydrogen-bond acceptors (Lipinski definition) is 12. The predicted octanol–water partition coefficient (Wildman–Crippen LogP) is 8.61. The van der Waals surface area contributed by atoms with Gasteiger partial charge in [0.2, 0.25) is 0 Å². The van der Waals surface area contributed by atoms with Crippen LogP contribution in [0.25, 0.3) is 0 Å². The standard InChI is InChI=1S/C45H81O13P/c1-3-5-7-9-11-13-15-17-19-21-23-25-27-29-31-33-38(46)55-35-37(36-56-59(53,54)58-45-43(51)41(49)40(48)42(50)44(45)52)57-39(47)34-32-30-28-26-24-22-20-18-16-14-12-10-8-6-4-2/h11,13,17,19,23,25,37,40-45,48-52H,3-10,12,14-16,18,20-22,24,26-36H2,1-2H3,(H,53,54)/t37-,40?,41-,42?,43?,44?,45?/m1/s1. The summed E-state index contributed by atoms with van der Waals surface area (Å²) in [4.78, 5) is 35.6. The summed E-state index contributed by atoms with van der Waals surface area (Å²) in [5.41, 5.74) is 0. The maximum Gasteiger partial charge on any atom is 0.472 e. The molecular formula is C45H81O13P. The van der Waals surface area contributed by atoms with Crippen molar-refractivity contribution >= 4 is 19.8 Å². The summed E-state index contributed by atoms with van der Waals surface area (Å²) in [6, 6.07) is 0. The van der Waals surface area contributed by atoms with Crippen molar-refractivity contribution in [1.82, 2.24) is 0 Å². The third kappa shape index (κ3) is 28.3. The van der Waals surface area contributed by atoms with Gasteiger partial charge in [0.15, 0.2) is 6.10 Å². The predicted molar refractivity (Wildman–Crippen MR) is 230 cm³/mol. The summed E-state index contributed by atoms with van der Waals surface area (Å²) >= 11 is 0. The number of carbonyl (C=O) groups is 2. The lowest BCUT2D eigenvalue weighted by atomic mass is 9.85. The Labute approximate surface area is 355 Å². The van der Waals surface area contributed by atoms with E-state index in [1.54, 1.807) is 0 Å². The Morgan fingerprint density at radius 1 is 0.525 bits per heavy atom. The van der Waals surface area contributed by atoms with Crippen LogP contribution in [0.3, 0.4) is 0 Å². The molecule has 0 saturated heterocycles. The molecule has 0 aromatic carbocycles. The first-order chi connectivity index (χ1) is 28.4. The SMILES string of the molecule is CCCCCC=CCC=CCC=CCCCCC(=O)OC[C@H](COP(=O)(O)OC1C(O)C(O)C(O)[C@@H](O)C1O)OC(=O)CCCCCCCCCCCCCCCCC. The second-order valence-corrected chi connectivity index (χ2v) is 17.3. The third-order valence-corrected chi connectivity index (χ3v) is 11.5. The van der Waals surface area contributed by atoms with Crippen molar-refractivity contribution in [3.05, 3.63) is 36.5 Å². The minimum atomic E-state index is -5.12. The van der Waals surface area contributed by atoms with Gasteiger partial charge < -0.3 is 39.9 Å². The van der Waals surface area contributed by atoms with Crippen molar-refractivity contribution in [3.8, 4) is 0 Å². The fraction of sp³-hybridized carbons (Fsp3) is 0.822. The monoisotopic (exact) mass is 861 g/mol. The summed E-state index contributed by atoms with van der Waals surface area (Å²) in [5.74, 6) is -1.14. The molecule has 14 heteroatoms. The lowest BCUT2D eigenvalue weighted by molar-refractivity contribution is -0.220. The molecule has 0 amide bonds.